The highest BCUT2D eigenvalue weighted by Crippen LogP contribution is 2.35. The van der Waals surface area contributed by atoms with Gasteiger partial charge in [-0.15, -0.1) is 0 Å². The molecule has 1 aliphatic rings. The van der Waals surface area contributed by atoms with E-state index in [0.29, 0.717) is 5.75 Å². The SMILES string of the molecule is COc1ccc(F)cc1-c1cccnc1N1CCNCC1. The second kappa shape index (κ2) is 6.10. The Morgan fingerprint density at radius 3 is 2.76 bits per heavy atom. The fraction of sp³-hybridized carbons (Fsp3) is 0.312. The molecule has 1 aliphatic heterocycles. The molecule has 1 aromatic heterocycles. The number of piperazine rings is 1. The molecule has 0 bridgehead atoms. The molecule has 0 radical (unpaired) electrons. The van der Waals surface area contributed by atoms with Crippen LogP contribution in [0.4, 0.5) is 10.2 Å². The van der Waals surface area contributed by atoms with E-state index in [4.69, 9.17) is 4.74 Å². The van der Waals surface area contributed by atoms with E-state index in [1.165, 1.54) is 12.1 Å². The first-order valence-corrected chi connectivity index (χ1v) is 7.04. The first-order valence-electron chi connectivity index (χ1n) is 7.04. The summed E-state index contributed by atoms with van der Waals surface area (Å²) in [6, 6.07) is 8.39. The highest BCUT2D eigenvalue weighted by Gasteiger charge is 2.18. The van der Waals surface area contributed by atoms with Crippen LogP contribution < -0.4 is 15.0 Å². The largest absolute Gasteiger partial charge is 0.496 e. The van der Waals surface area contributed by atoms with Crippen molar-refractivity contribution in [1.29, 1.82) is 0 Å². The molecule has 21 heavy (non-hydrogen) atoms. The van der Waals surface area contributed by atoms with Crippen LogP contribution >= 0.6 is 0 Å². The van der Waals surface area contributed by atoms with Crippen LogP contribution in [0, 0.1) is 5.82 Å². The first kappa shape index (κ1) is 13.8. The first-order chi connectivity index (χ1) is 10.3. The number of anilines is 1. The highest BCUT2D eigenvalue weighted by atomic mass is 19.1. The van der Waals surface area contributed by atoms with Crippen molar-refractivity contribution in [2.45, 2.75) is 0 Å². The maximum atomic E-state index is 13.6. The summed E-state index contributed by atoms with van der Waals surface area (Å²) >= 11 is 0. The molecule has 1 saturated heterocycles. The van der Waals surface area contributed by atoms with Gasteiger partial charge in [-0.05, 0) is 30.3 Å². The number of benzene rings is 1. The minimum absolute atomic E-state index is 0.277. The third kappa shape index (κ3) is 2.83. The van der Waals surface area contributed by atoms with Crippen LogP contribution in [-0.2, 0) is 0 Å². The molecule has 1 N–H and O–H groups in total. The standard InChI is InChI=1S/C16H18FN3O/c1-21-15-5-4-12(17)11-14(15)13-3-2-6-19-16(13)20-9-7-18-8-10-20/h2-6,11,18H,7-10H2,1H3. The van der Waals surface area contributed by atoms with Gasteiger partial charge in [0.05, 0.1) is 7.11 Å². The molecule has 3 rings (SSSR count). The predicted molar refractivity (Wildman–Crippen MR) is 81.3 cm³/mol. The van der Waals surface area contributed by atoms with Crippen LogP contribution in [0.3, 0.4) is 0 Å². The number of hydrogen-bond donors (Lipinski definition) is 1. The zero-order valence-corrected chi connectivity index (χ0v) is 12.0. The predicted octanol–water partition coefficient (Wildman–Crippen LogP) is 2.31. The van der Waals surface area contributed by atoms with Gasteiger partial charge in [0.25, 0.3) is 0 Å². The zero-order chi connectivity index (χ0) is 14.7. The van der Waals surface area contributed by atoms with E-state index in [2.05, 4.69) is 15.2 Å². The lowest BCUT2D eigenvalue weighted by atomic mass is 10.0. The molecule has 0 saturated carbocycles. The van der Waals surface area contributed by atoms with Crippen molar-refractivity contribution < 1.29 is 9.13 Å². The summed E-state index contributed by atoms with van der Waals surface area (Å²) in [7, 11) is 1.59. The molecule has 0 unspecified atom stereocenters. The van der Waals surface area contributed by atoms with Gasteiger partial charge >= 0.3 is 0 Å². The van der Waals surface area contributed by atoms with E-state index >= 15 is 0 Å². The van der Waals surface area contributed by atoms with Crippen molar-refractivity contribution in [3.63, 3.8) is 0 Å². The van der Waals surface area contributed by atoms with Gasteiger partial charge in [-0.25, -0.2) is 9.37 Å². The van der Waals surface area contributed by atoms with Gasteiger partial charge in [0, 0.05) is 43.5 Å². The Bertz CT molecular complexity index is 627. The van der Waals surface area contributed by atoms with Gasteiger partial charge in [-0.3, -0.25) is 0 Å². The highest BCUT2D eigenvalue weighted by molar-refractivity contribution is 5.80. The fourth-order valence-electron chi connectivity index (χ4n) is 2.63. The maximum absolute atomic E-state index is 13.6. The van der Waals surface area contributed by atoms with Gasteiger partial charge in [-0.2, -0.15) is 0 Å². The van der Waals surface area contributed by atoms with Crippen molar-refractivity contribution in [2.75, 3.05) is 38.2 Å². The maximum Gasteiger partial charge on any atom is 0.136 e. The van der Waals surface area contributed by atoms with Gasteiger partial charge in [-0.1, -0.05) is 0 Å². The lowest BCUT2D eigenvalue weighted by Gasteiger charge is -2.30. The molecule has 2 heterocycles. The molecular formula is C16H18FN3O. The molecule has 5 heteroatoms. The number of methoxy groups -OCH3 is 1. The van der Waals surface area contributed by atoms with Crippen molar-refractivity contribution in [1.82, 2.24) is 10.3 Å². The summed E-state index contributed by atoms with van der Waals surface area (Å²) in [6.07, 6.45) is 1.77. The van der Waals surface area contributed by atoms with Gasteiger partial charge in [0.15, 0.2) is 0 Å². The Hall–Kier alpha value is -2.14. The number of aromatic nitrogens is 1. The third-order valence-electron chi connectivity index (χ3n) is 3.65. The molecule has 110 valence electrons. The zero-order valence-electron chi connectivity index (χ0n) is 12.0. The van der Waals surface area contributed by atoms with Crippen LogP contribution in [-0.4, -0.2) is 38.3 Å². The van der Waals surface area contributed by atoms with E-state index in [1.54, 1.807) is 19.4 Å². The van der Waals surface area contributed by atoms with Crippen molar-refractivity contribution >= 4 is 5.82 Å². The number of ether oxygens (including phenoxy) is 1. The average molecular weight is 287 g/mol. The summed E-state index contributed by atoms with van der Waals surface area (Å²) in [5, 5.41) is 3.32. The summed E-state index contributed by atoms with van der Waals surface area (Å²) in [5.74, 6) is 1.25. The summed E-state index contributed by atoms with van der Waals surface area (Å²) < 4.78 is 19.0. The number of nitrogens with zero attached hydrogens (tertiary/aromatic N) is 2. The number of nitrogens with one attached hydrogen (secondary N) is 1. The minimum Gasteiger partial charge on any atom is -0.496 e. The molecule has 0 spiro atoms. The molecule has 1 fully saturated rings. The molecule has 0 atom stereocenters. The molecule has 2 aromatic rings. The Morgan fingerprint density at radius 1 is 1.19 bits per heavy atom. The summed E-state index contributed by atoms with van der Waals surface area (Å²) in [6.45, 7) is 3.63. The quantitative estimate of drug-likeness (QED) is 0.940. The number of halogens is 1. The molecular weight excluding hydrogens is 269 g/mol. The number of rotatable bonds is 3. The molecule has 0 amide bonds. The lowest BCUT2D eigenvalue weighted by molar-refractivity contribution is 0.415. The van der Waals surface area contributed by atoms with Crippen LogP contribution in [0.25, 0.3) is 11.1 Å². The van der Waals surface area contributed by atoms with Crippen molar-refractivity contribution in [2.24, 2.45) is 0 Å². The lowest BCUT2D eigenvalue weighted by Crippen LogP contribution is -2.44. The second-order valence-corrected chi connectivity index (χ2v) is 4.96. The summed E-state index contributed by atoms with van der Waals surface area (Å²) in [5.41, 5.74) is 1.63. The van der Waals surface area contributed by atoms with Crippen molar-refractivity contribution in [3.05, 3.63) is 42.3 Å². The fourth-order valence-corrected chi connectivity index (χ4v) is 2.63. The second-order valence-electron chi connectivity index (χ2n) is 4.96. The molecule has 0 aliphatic carbocycles. The smallest absolute Gasteiger partial charge is 0.136 e. The van der Waals surface area contributed by atoms with E-state index in [9.17, 15) is 4.39 Å². The Labute approximate surface area is 123 Å². The van der Waals surface area contributed by atoms with Gasteiger partial charge in [0.2, 0.25) is 0 Å². The Balaban J connectivity index is 2.08. The van der Waals surface area contributed by atoms with Crippen molar-refractivity contribution in [3.8, 4) is 16.9 Å². The van der Waals surface area contributed by atoms with Gasteiger partial charge in [0.1, 0.15) is 17.4 Å². The Morgan fingerprint density at radius 2 is 2.00 bits per heavy atom. The Kier molecular flexibility index (Phi) is 4.01. The minimum atomic E-state index is -0.277. The monoisotopic (exact) mass is 287 g/mol. The van der Waals surface area contributed by atoms with E-state index in [1.807, 2.05) is 12.1 Å². The normalized spacial score (nSPS) is 15.0. The number of hydrogen-bond acceptors (Lipinski definition) is 4. The third-order valence-corrected chi connectivity index (χ3v) is 3.65. The van der Waals surface area contributed by atoms with E-state index < -0.39 is 0 Å². The van der Waals surface area contributed by atoms with Crippen LogP contribution in [0.5, 0.6) is 5.75 Å². The summed E-state index contributed by atoms with van der Waals surface area (Å²) in [4.78, 5) is 6.72. The number of pyridine rings is 1. The topological polar surface area (TPSA) is 37.4 Å². The van der Waals surface area contributed by atoms with E-state index in [0.717, 1.165) is 43.1 Å². The van der Waals surface area contributed by atoms with Crippen LogP contribution in [0.2, 0.25) is 0 Å². The van der Waals surface area contributed by atoms with E-state index in [-0.39, 0.29) is 5.82 Å². The molecule has 4 nitrogen and oxygen atoms in total. The molecule has 1 aromatic carbocycles. The van der Waals surface area contributed by atoms with Crippen LogP contribution in [0.15, 0.2) is 36.5 Å². The average Bonchev–Trinajstić information content (AvgIpc) is 2.55. The van der Waals surface area contributed by atoms with Crippen LogP contribution in [0.1, 0.15) is 0 Å². The van der Waals surface area contributed by atoms with Gasteiger partial charge < -0.3 is 15.0 Å².